The minimum Gasteiger partial charge on any atom is -0.507 e. The number of sulfonamides is 1. The molecule has 0 spiro atoms. The molecule has 0 unspecified atom stereocenters. The Morgan fingerprint density at radius 3 is 2.41 bits per heavy atom. The quantitative estimate of drug-likeness (QED) is 0.844. The Morgan fingerprint density at radius 1 is 1.15 bits per heavy atom. The zero-order chi connectivity index (χ0) is 19.8. The lowest BCUT2D eigenvalue weighted by atomic mass is 10.2. The van der Waals surface area contributed by atoms with Gasteiger partial charge in [0.2, 0.25) is 10.0 Å². The van der Waals surface area contributed by atoms with Gasteiger partial charge in [0, 0.05) is 31.1 Å². The molecule has 0 atom stereocenters. The Labute approximate surface area is 164 Å². The lowest BCUT2D eigenvalue weighted by Crippen LogP contribution is -2.50. The summed E-state index contributed by atoms with van der Waals surface area (Å²) in [5.41, 5.74) is 1.94. The number of rotatable bonds is 4. The molecule has 1 aliphatic heterocycles. The van der Waals surface area contributed by atoms with E-state index in [1.807, 2.05) is 13.0 Å². The molecule has 1 amide bonds. The van der Waals surface area contributed by atoms with Crippen molar-refractivity contribution in [2.75, 3.05) is 26.2 Å². The van der Waals surface area contributed by atoms with Crippen molar-refractivity contribution in [1.29, 1.82) is 0 Å². The Kier molecular flexibility index (Phi) is 5.60. The van der Waals surface area contributed by atoms with E-state index < -0.39 is 10.0 Å². The summed E-state index contributed by atoms with van der Waals surface area (Å²) in [7, 11) is -3.79. The highest BCUT2D eigenvalue weighted by Gasteiger charge is 2.32. The maximum atomic E-state index is 12.9. The molecule has 2 aromatic rings. The number of nitrogens with zero attached hydrogens (tertiary/aromatic N) is 2. The van der Waals surface area contributed by atoms with Crippen molar-refractivity contribution in [2.24, 2.45) is 0 Å². The summed E-state index contributed by atoms with van der Waals surface area (Å²) in [5, 5.41) is 9.97. The summed E-state index contributed by atoms with van der Waals surface area (Å²) in [6.45, 7) is 6.96. The minimum absolute atomic E-state index is 0.0433. The van der Waals surface area contributed by atoms with Crippen LogP contribution < -0.4 is 0 Å². The smallest absolute Gasteiger partial charge is 0.264 e. The third-order valence-electron chi connectivity index (χ3n) is 4.87. The van der Waals surface area contributed by atoms with Gasteiger partial charge in [-0.1, -0.05) is 13.0 Å². The minimum atomic E-state index is -3.79. The molecular formula is C19H24N2O4S2. The number of amides is 1. The Morgan fingerprint density at radius 2 is 1.81 bits per heavy atom. The van der Waals surface area contributed by atoms with Gasteiger partial charge < -0.3 is 10.0 Å². The average Bonchev–Trinajstić information content (AvgIpc) is 3.04. The molecule has 1 N–H and O–H groups in total. The van der Waals surface area contributed by atoms with Crippen LogP contribution >= 0.6 is 11.3 Å². The summed E-state index contributed by atoms with van der Waals surface area (Å²) in [6, 6.07) is 6.48. The molecule has 0 saturated carbocycles. The van der Waals surface area contributed by atoms with Crippen molar-refractivity contribution < 1.29 is 18.3 Å². The standard InChI is InChI=1S/C19H24N2O4S2/c1-4-15-12-17(26-14(15)3)19(23)20-7-9-21(10-8-20)27(24,25)18-11-13(2)5-6-16(18)22/h5-6,11-12,22H,4,7-10H2,1-3H3. The zero-order valence-corrected chi connectivity index (χ0v) is 17.4. The van der Waals surface area contributed by atoms with Crippen molar-refractivity contribution in [3.05, 3.63) is 45.1 Å². The fourth-order valence-corrected chi connectivity index (χ4v) is 5.90. The highest BCUT2D eigenvalue weighted by molar-refractivity contribution is 7.89. The number of phenols is 1. The van der Waals surface area contributed by atoms with E-state index in [0.717, 1.165) is 16.9 Å². The van der Waals surface area contributed by atoms with Gasteiger partial charge in [0.05, 0.1) is 4.88 Å². The van der Waals surface area contributed by atoms with Gasteiger partial charge in [-0.2, -0.15) is 4.31 Å². The number of benzene rings is 1. The summed E-state index contributed by atoms with van der Waals surface area (Å²) in [5.74, 6) is -0.293. The van der Waals surface area contributed by atoms with Gasteiger partial charge in [-0.25, -0.2) is 8.42 Å². The topological polar surface area (TPSA) is 77.9 Å². The van der Waals surface area contributed by atoms with Gasteiger partial charge in [-0.15, -0.1) is 11.3 Å². The first-order valence-corrected chi connectivity index (χ1v) is 11.2. The first-order chi connectivity index (χ1) is 12.7. The molecule has 0 radical (unpaired) electrons. The van der Waals surface area contributed by atoms with Crippen molar-refractivity contribution in [3.8, 4) is 5.75 Å². The maximum Gasteiger partial charge on any atom is 0.264 e. The van der Waals surface area contributed by atoms with Crippen LogP contribution in [0.25, 0.3) is 0 Å². The number of thiophene rings is 1. The van der Waals surface area contributed by atoms with E-state index >= 15 is 0 Å². The van der Waals surface area contributed by atoms with Crippen LogP contribution in [-0.4, -0.2) is 54.8 Å². The van der Waals surface area contributed by atoms with E-state index in [1.54, 1.807) is 17.9 Å². The van der Waals surface area contributed by atoms with Crippen LogP contribution in [-0.2, 0) is 16.4 Å². The second-order valence-corrected chi connectivity index (χ2v) is 9.88. The van der Waals surface area contributed by atoms with Gasteiger partial charge in [0.15, 0.2) is 0 Å². The number of aryl methyl sites for hydroxylation is 3. The third-order valence-corrected chi connectivity index (χ3v) is 7.88. The number of carbonyl (C=O) groups is 1. The van der Waals surface area contributed by atoms with Gasteiger partial charge in [0.1, 0.15) is 10.6 Å². The molecule has 27 heavy (non-hydrogen) atoms. The Balaban J connectivity index is 1.72. The molecule has 1 aromatic carbocycles. The van der Waals surface area contributed by atoms with E-state index in [4.69, 9.17) is 0 Å². The first kappa shape index (κ1) is 19.9. The van der Waals surface area contributed by atoms with Gasteiger partial charge in [-0.05, 0) is 49.6 Å². The molecule has 1 fully saturated rings. The highest BCUT2D eigenvalue weighted by Crippen LogP contribution is 2.28. The number of phenolic OH excluding ortho intramolecular Hbond substituents is 1. The van der Waals surface area contributed by atoms with Crippen LogP contribution in [0.4, 0.5) is 0 Å². The number of aromatic hydroxyl groups is 1. The van der Waals surface area contributed by atoms with Crippen LogP contribution in [0, 0.1) is 13.8 Å². The lowest BCUT2D eigenvalue weighted by Gasteiger charge is -2.33. The van der Waals surface area contributed by atoms with Crippen molar-refractivity contribution in [1.82, 2.24) is 9.21 Å². The van der Waals surface area contributed by atoms with E-state index in [-0.39, 0.29) is 29.6 Å². The number of hydrogen-bond acceptors (Lipinski definition) is 5. The lowest BCUT2D eigenvalue weighted by molar-refractivity contribution is 0.0702. The van der Waals surface area contributed by atoms with E-state index in [1.165, 1.54) is 33.3 Å². The van der Waals surface area contributed by atoms with E-state index in [0.29, 0.717) is 18.0 Å². The Bertz CT molecular complexity index is 958. The van der Waals surface area contributed by atoms with Crippen molar-refractivity contribution in [2.45, 2.75) is 32.1 Å². The van der Waals surface area contributed by atoms with Crippen LogP contribution in [0.2, 0.25) is 0 Å². The second-order valence-electron chi connectivity index (χ2n) is 6.71. The highest BCUT2D eigenvalue weighted by atomic mass is 32.2. The van der Waals surface area contributed by atoms with Gasteiger partial charge >= 0.3 is 0 Å². The predicted octanol–water partition coefficient (Wildman–Crippen LogP) is 2.78. The molecule has 1 aromatic heterocycles. The van der Waals surface area contributed by atoms with Gasteiger partial charge in [0.25, 0.3) is 5.91 Å². The van der Waals surface area contributed by atoms with Crippen molar-refractivity contribution >= 4 is 27.3 Å². The van der Waals surface area contributed by atoms with Crippen LogP contribution in [0.1, 0.15) is 32.6 Å². The zero-order valence-electron chi connectivity index (χ0n) is 15.7. The molecular weight excluding hydrogens is 384 g/mol. The van der Waals surface area contributed by atoms with Crippen LogP contribution in [0.3, 0.4) is 0 Å². The Hall–Kier alpha value is -1.90. The normalized spacial score (nSPS) is 15.9. The van der Waals surface area contributed by atoms with E-state index in [9.17, 15) is 18.3 Å². The number of hydrogen-bond donors (Lipinski definition) is 1. The SMILES string of the molecule is CCc1cc(C(=O)N2CCN(S(=O)(=O)c3cc(C)ccc3O)CC2)sc1C. The van der Waals surface area contributed by atoms with Gasteiger partial charge in [-0.3, -0.25) is 4.79 Å². The molecule has 0 bridgehead atoms. The largest absolute Gasteiger partial charge is 0.507 e. The molecule has 146 valence electrons. The number of piperazine rings is 1. The summed E-state index contributed by atoms with van der Waals surface area (Å²) >= 11 is 1.49. The third kappa shape index (κ3) is 3.88. The monoisotopic (exact) mass is 408 g/mol. The molecule has 2 heterocycles. The first-order valence-electron chi connectivity index (χ1n) is 8.92. The summed E-state index contributed by atoms with van der Waals surface area (Å²) in [6.07, 6.45) is 0.890. The molecule has 0 aliphatic carbocycles. The molecule has 8 heteroatoms. The fourth-order valence-electron chi connectivity index (χ4n) is 3.23. The molecule has 6 nitrogen and oxygen atoms in total. The fraction of sp³-hybridized carbons (Fsp3) is 0.421. The average molecular weight is 409 g/mol. The molecule has 1 aliphatic rings. The summed E-state index contributed by atoms with van der Waals surface area (Å²) < 4.78 is 27.1. The molecule has 1 saturated heterocycles. The van der Waals surface area contributed by atoms with Crippen LogP contribution in [0.15, 0.2) is 29.2 Å². The molecule has 3 rings (SSSR count). The van der Waals surface area contributed by atoms with E-state index in [2.05, 4.69) is 6.92 Å². The maximum absolute atomic E-state index is 12.9. The van der Waals surface area contributed by atoms with Crippen LogP contribution in [0.5, 0.6) is 5.75 Å². The summed E-state index contributed by atoms with van der Waals surface area (Å²) in [4.78, 5) is 16.2. The number of carbonyl (C=O) groups excluding carboxylic acids is 1. The second kappa shape index (κ2) is 7.61. The predicted molar refractivity (Wildman–Crippen MR) is 106 cm³/mol. The van der Waals surface area contributed by atoms with Crippen molar-refractivity contribution in [3.63, 3.8) is 0 Å².